The third-order valence-corrected chi connectivity index (χ3v) is 5.22. The van der Waals surface area contributed by atoms with Crippen LogP contribution in [0.3, 0.4) is 0 Å². The van der Waals surface area contributed by atoms with E-state index < -0.39 is 5.54 Å². The molecule has 0 saturated heterocycles. The average molecular weight is 375 g/mol. The van der Waals surface area contributed by atoms with Crippen LogP contribution >= 0.6 is 12.2 Å². The van der Waals surface area contributed by atoms with Gasteiger partial charge in [0.2, 0.25) is 0 Å². The van der Waals surface area contributed by atoms with Crippen molar-refractivity contribution in [1.29, 1.82) is 0 Å². The number of ether oxygens (including phenoxy) is 1. The van der Waals surface area contributed by atoms with E-state index in [1.54, 1.807) is 32.2 Å². The van der Waals surface area contributed by atoms with E-state index in [1.807, 2.05) is 0 Å². The van der Waals surface area contributed by atoms with Crippen molar-refractivity contribution in [1.82, 2.24) is 14.9 Å². The molecule has 1 heterocycles. The maximum absolute atomic E-state index is 12.8. The molecule has 3 rings (SSSR count). The second-order valence-corrected chi connectivity index (χ2v) is 6.91. The number of H-pyrrole nitrogens is 1. The van der Waals surface area contributed by atoms with Crippen LogP contribution in [0.2, 0.25) is 0 Å². The number of hydrogen-bond donors (Lipinski definition) is 2. The number of nitrogens with one attached hydrogen (secondary N) is 2. The highest BCUT2D eigenvalue weighted by Crippen LogP contribution is 2.31. The SMILES string of the molecule is CCOC(=O)C1(NC(=O)c2ccc3c(=O)n(C)c(=S)[nH]c3c2)CCCC1. The highest BCUT2D eigenvalue weighted by molar-refractivity contribution is 7.71. The minimum Gasteiger partial charge on any atom is -0.464 e. The number of carbonyl (C=O) groups is 2. The number of hydrogen-bond acceptors (Lipinski definition) is 5. The van der Waals surface area contributed by atoms with Crippen molar-refractivity contribution in [2.45, 2.75) is 38.1 Å². The fourth-order valence-corrected chi connectivity index (χ4v) is 3.56. The molecule has 8 heteroatoms. The molecule has 0 aliphatic heterocycles. The first-order valence-corrected chi connectivity index (χ1v) is 9.01. The Morgan fingerprint density at radius 3 is 2.69 bits per heavy atom. The largest absolute Gasteiger partial charge is 0.464 e. The number of rotatable bonds is 4. The second kappa shape index (κ2) is 7.03. The molecule has 0 bridgehead atoms. The van der Waals surface area contributed by atoms with Crippen LogP contribution in [0.1, 0.15) is 43.0 Å². The van der Waals surface area contributed by atoms with Crippen LogP contribution in [0.4, 0.5) is 0 Å². The first-order chi connectivity index (χ1) is 12.4. The fourth-order valence-electron chi connectivity index (χ4n) is 3.36. The predicted octanol–water partition coefficient (Wildman–Crippen LogP) is 2.20. The molecule has 1 saturated carbocycles. The molecule has 138 valence electrons. The summed E-state index contributed by atoms with van der Waals surface area (Å²) in [6.07, 6.45) is 2.85. The Hall–Kier alpha value is -2.48. The molecule has 26 heavy (non-hydrogen) atoms. The zero-order chi connectivity index (χ0) is 18.9. The highest BCUT2D eigenvalue weighted by atomic mass is 32.1. The van der Waals surface area contributed by atoms with E-state index in [-0.39, 0.29) is 28.8 Å². The van der Waals surface area contributed by atoms with Crippen LogP contribution < -0.4 is 10.9 Å². The molecule has 0 spiro atoms. The first kappa shape index (κ1) is 18.3. The summed E-state index contributed by atoms with van der Waals surface area (Å²) >= 11 is 5.12. The van der Waals surface area contributed by atoms with Gasteiger partial charge in [-0.05, 0) is 50.2 Å². The Labute approximate surface area is 155 Å². The average Bonchev–Trinajstić information content (AvgIpc) is 3.09. The summed E-state index contributed by atoms with van der Waals surface area (Å²) in [5, 5.41) is 3.30. The molecule has 1 aliphatic carbocycles. The molecule has 1 aliphatic rings. The topological polar surface area (TPSA) is 93.2 Å². The van der Waals surface area contributed by atoms with Crippen molar-refractivity contribution in [3.63, 3.8) is 0 Å². The number of nitrogens with zero attached hydrogens (tertiary/aromatic N) is 1. The van der Waals surface area contributed by atoms with Gasteiger partial charge in [-0.15, -0.1) is 0 Å². The molecule has 1 aromatic heterocycles. The Kier molecular flexibility index (Phi) is 4.95. The van der Waals surface area contributed by atoms with E-state index in [0.717, 1.165) is 12.8 Å². The van der Waals surface area contributed by atoms with Gasteiger partial charge in [-0.3, -0.25) is 14.2 Å². The van der Waals surface area contributed by atoms with Crippen molar-refractivity contribution in [3.05, 3.63) is 38.9 Å². The Morgan fingerprint density at radius 1 is 1.35 bits per heavy atom. The van der Waals surface area contributed by atoms with Gasteiger partial charge in [-0.1, -0.05) is 12.8 Å². The van der Waals surface area contributed by atoms with Crippen LogP contribution in [-0.2, 0) is 16.6 Å². The fraction of sp³-hybridized carbons (Fsp3) is 0.444. The molecule has 1 fully saturated rings. The van der Waals surface area contributed by atoms with Crippen LogP contribution in [0.15, 0.2) is 23.0 Å². The first-order valence-electron chi connectivity index (χ1n) is 8.61. The number of aromatic amines is 1. The minimum atomic E-state index is -0.970. The van der Waals surface area contributed by atoms with Gasteiger partial charge in [-0.25, -0.2) is 4.79 Å². The lowest BCUT2D eigenvalue weighted by molar-refractivity contribution is -0.150. The minimum absolute atomic E-state index is 0.227. The van der Waals surface area contributed by atoms with Crippen molar-refractivity contribution in [3.8, 4) is 0 Å². The summed E-state index contributed by atoms with van der Waals surface area (Å²) in [6, 6.07) is 4.74. The predicted molar refractivity (Wildman–Crippen MR) is 99.7 cm³/mol. The monoisotopic (exact) mass is 375 g/mol. The molecule has 7 nitrogen and oxygen atoms in total. The van der Waals surface area contributed by atoms with Crippen LogP contribution in [0.5, 0.6) is 0 Å². The smallest absolute Gasteiger partial charge is 0.331 e. The normalized spacial score (nSPS) is 15.8. The van der Waals surface area contributed by atoms with E-state index in [0.29, 0.717) is 29.3 Å². The number of esters is 1. The van der Waals surface area contributed by atoms with Gasteiger partial charge < -0.3 is 15.0 Å². The number of benzene rings is 1. The molecular weight excluding hydrogens is 354 g/mol. The highest BCUT2D eigenvalue weighted by Gasteiger charge is 2.44. The van der Waals surface area contributed by atoms with Crippen LogP contribution in [0.25, 0.3) is 10.9 Å². The van der Waals surface area contributed by atoms with E-state index in [2.05, 4.69) is 10.3 Å². The van der Waals surface area contributed by atoms with Gasteiger partial charge in [-0.2, -0.15) is 0 Å². The van der Waals surface area contributed by atoms with Crippen molar-refractivity contribution < 1.29 is 14.3 Å². The zero-order valence-corrected chi connectivity index (χ0v) is 15.6. The summed E-state index contributed by atoms with van der Waals surface area (Å²) in [4.78, 5) is 40.3. The Bertz CT molecular complexity index is 986. The summed E-state index contributed by atoms with van der Waals surface area (Å²) in [5.41, 5.74) is -0.356. The summed E-state index contributed by atoms with van der Waals surface area (Å²) in [7, 11) is 1.59. The maximum atomic E-state index is 12.8. The van der Waals surface area contributed by atoms with E-state index >= 15 is 0 Å². The zero-order valence-electron chi connectivity index (χ0n) is 14.8. The number of amides is 1. The number of carbonyl (C=O) groups excluding carboxylic acids is 2. The molecule has 1 amide bonds. The van der Waals surface area contributed by atoms with E-state index in [1.165, 1.54) is 4.57 Å². The maximum Gasteiger partial charge on any atom is 0.331 e. The Morgan fingerprint density at radius 2 is 2.04 bits per heavy atom. The molecule has 1 aromatic carbocycles. The molecule has 0 unspecified atom stereocenters. The third kappa shape index (κ3) is 3.16. The van der Waals surface area contributed by atoms with Crippen molar-refractivity contribution >= 4 is 35.0 Å². The molecule has 2 N–H and O–H groups in total. The van der Waals surface area contributed by atoms with Gasteiger partial charge in [0.05, 0.1) is 17.5 Å². The van der Waals surface area contributed by atoms with Crippen LogP contribution in [0, 0.1) is 4.77 Å². The van der Waals surface area contributed by atoms with Crippen molar-refractivity contribution in [2.75, 3.05) is 6.61 Å². The summed E-state index contributed by atoms with van der Waals surface area (Å²) in [6.45, 7) is 2.01. The Balaban J connectivity index is 1.94. The lowest BCUT2D eigenvalue weighted by Crippen LogP contribution is -2.53. The van der Waals surface area contributed by atoms with Crippen molar-refractivity contribution in [2.24, 2.45) is 7.05 Å². The molecule has 0 radical (unpaired) electrons. The quantitative estimate of drug-likeness (QED) is 0.631. The summed E-state index contributed by atoms with van der Waals surface area (Å²) < 4.78 is 6.78. The molecular formula is C18H21N3O4S. The van der Waals surface area contributed by atoms with Gasteiger partial charge in [0.15, 0.2) is 4.77 Å². The van der Waals surface area contributed by atoms with E-state index in [9.17, 15) is 14.4 Å². The van der Waals surface area contributed by atoms with Gasteiger partial charge >= 0.3 is 5.97 Å². The van der Waals surface area contributed by atoms with Gasteiger partial charge in [0.25, 0.3) is 11.5 Å². The lowest BCUT2D eigenvalue weighted by Gasteiger charge is -2.27. The van der Waals surface area contributed by atoms with Gasteiger partial charge in [0.1, 0.15) is 5.54 Å². The summed E-state index contributed by atoms with van der Waals surface area (Å²) in [5.74, 6) is -0.762. The van der Waals surface area contributed by atoms with Crippen LogP contribution in [-0.4, -0.2) is 33.6 Å². The number of aromatic nitrogens is 2. The molecule has 0 atom stereocenters. The van der Waals surface area contributed by atoms with Gasteiger partial charge in [0, 0.05) is 12.6 Å². The second-order valence-electron chi connectivity index (χ2n) is 6.52. The third-order valence-electron chi connectivity index (χ3n) is 4.84. The van der Waals surface area contributed by atoms with E-state index in [4.69, 9.17) is 17.0 Å². The molecule has 2 aromatic rings. The number of fused-ring (bicyclic) bond motifs is 1. The lowest BCUT2D eigenvalue weighted by atomic mass is 9.97. The standard InChI is InChI=1S/C18H21N3O4S/c1-3-25-16(24)18(8-4-5-9-18)20-14(22)11-6-7-12-13(10-11)19-17(26)21(2)15(12)23/h6-7,10H,3-5,8-9H2,1-2H3,(H,19,26)(H,20,22).